The normalized spacial score (nSPS) is 11.9. The number of methoxy groups -OCH3 is 1. The van der Waals surface area contributed by atoms with E-state index in [1.807, 2.05) is 7.05 Å². The average molecular weight is 254 g/mol. The number of ether oxygens (including phenoxy) is 1. The van der Waals surface area contributed by atoms with Gasteiger partial charge in [-0.05, 0) is 37.2 Å². The summed E-state index contributed by atoms with van der Waals surface area (Å²) in [7, 11) is 3.60. The monoisotopic (exact) mass is 254 g/mol. The average Bonchev–Trinajstić information content (AvgIpc) is 2.28. The van der Waals surface area contributed by atoms with Crippen LogP contribution in [0.25, 0.3) is 0 Å². The number of nitrogens with zero attached hydrogens (tertiary/aromatic N) is 1. The van der Waals surface area contributed by atoms with Gasteiger partial charge in [-0.15, -0.1) is 0 Å². The summed E-state index contributed by atoms with van der Waals surface area (Å²) in [5.41, 5.74) is 6.62. The molecular weight excluding hydrogens is 231 g/mol. The molecule has 0 radical (unpaired) electrons. The van der Waals surface area contributed by atoms with Gasteiger partial charge in [-0.3, -0.25) is 0 Å². The predicted octanol–water partition coefficient (Wildman–Crippen LogP) is 2.25. The fraction of sp³-hybridized carbons (Fsp3) is 0.571. The van der Waals surface area contributed by atoms with E-state index in [4.69, 9.17) is 10.5 Å². The largest absolute Gasteiger partial charge is 0.496 e. The van der Waals surface area contributed by atoms with Gasteiger partial charge in [0.05, 0.1) is 7.11 Å². The summed E-state index contributed by atoms with van der Waals surface area (Å²) in [5.74, 6) is 0.478. The van der Waals surface area contributed by atoms with Crippen molar-refractivity contribution in [2.75, 3.05) is 27.2 Å². The van der Waals surface area contributed by atoms with E-state index in [9.17, 15) is 4.39 Å². The topological polar surface area (TPSA) is 38.5 Å². The van der Waals surface area contributed by atoms with E-state index in [2.05, 4.69) is 18.7 Å². The van der Waals surface area contributed by atoms with Gasteiger partial charge >= 0.3 is 0 Å². The molecule has 0 atom stereocenters. The van der Waals surface area contributed by atoms with Crippen molar-refractivity contribution in [1.82, 2.24) is 4.90 Å². The Morgan fingerprint density at radius 3 is 2.61 bits per heavy atom. The van der Waals surface area contributed by atoms with Crippen LogP contribution in [0.1, 0.15) is 19.4 Å². The second-order valence-electron chi connectivity index (χ2n) is 5.50. The van der Waals surface area contributed by atoms with Crippen LogP contribution in [-0.4, -0.2) is 32.1 Å². The zero-order chi connectivity index (χ0) is 13.8. The second kappa shape index (κ2) is 6.16. The molecule has 0 heterocycles. The molecule has 102 valence electrons. The highest BCUT2D eigenvalue weighted by molar-refractivity contribution is 5.33. The lowest BCUT2D eigenvalue weighted by molar-refractivity contribution is 0.208. The lowest BCUT2D eigenvalue weighted by Crippen LogP contribution is -2.36. The van der Waals surface area contributed by atoms with Gasteiger partial charge in [0, 0.05) is 18.7 Å². The molecule has 0 aliphatic rings. The van der Waals surface area contributed by atoms with Crippen LogP contribution in [0.5, 0.6) is 5.75 Å². The number of hydrogen-bond donors (Lipinski definition) is 1. The maximum Gasteiger partial charge on any atom is 0.123 e. The third kappa shape index (κ3) is 4.27. The zero-order valence-corrected chi connectivity index (χ0v) is 11.7. The van der Waals surface area contributed by atoms with E-state index in [0.717, 1.165) is 12.1 Å². The summed E-state index contributed by atoms with van der Waals surface area (Å²) >= 11 is 0. The molecule has 0 saturated heterocycles. The molecule has 1 aromatic carbocycles. The molecule has 0 aromatic heterocycles. The molecule has 0 bridgehead atoms. The standard InChI is InChI=1S/C14H23FN2O/c1-14(2,9-16)10-17(3)8-11-7-12(15)5-6-13(11)18-4/h5-7H,8-10,16H2,1-4H3. The molecule has 0 fully saturated rings. The third-order valence-corrected chi connectivity index (χ3v) is 2.93. The number of halogens is 1. The van der Waals surface area contributed by atoms with E-state index >= 15 is 0 Å². The second-order valence-corrected chi connectivity index (χ2v) is 5.50. The van der Waals surface area contributed by atoms with Gasteiger partial charge < -0.3 is 15.4 Å². The number of benzene rings is 1. The zero-order valence-electron chi connectivity index (χ0n) is 11.7. The summed E-state index contributed by atoms with van der Waals surface area (Å²) in [4.78, 5) is 2.13. The van der Waals surface area contributed by atoms with Gasteiger partial charge in [0.25, 0.3) is 0 Å². The van der Waals surface area contributed by atoms with Crippen molar-refractivity contribution in [2.24, 2.45) is 11.1 Å². The highest BCUT2D eigenvalue weighted by Crippen LogP contribution is 2.22. The van der Waals surface area contributed by atoms with Gasteiger partial charge in [0.1, 0.15) is 11.6 Å². The van der Waals surface area contributed by atoms with Gasteiger partial charge in [-0.2, -0.15) is 0 Å². The quantitative estimate of drug-likeness (QED) is 0.846. The Kier molecular flexibility index (Phi) is 5.11. The first-order valence-corrected chi connectivity index (χ1v) is 6.09. The fourth-order valence-corrected chi connectivity index (χ4v) is 2.01. The van der Waals surface area contributed by atoms with Gasteiger partial charge in [0.15, 0.2) is 0 Å². The fourth-order valence-electron chi connectivity index (χ4n) is 2.01. The van der Waals surface area contributed by atoms with Crippen LogP contribution in [0.15, 0.2) is 18.2 Å². The number of rotatable bonds is 6. The predicted molar refractivity (Wildman–Crippen MR) is 72.1 cm³/mol. The van der Waals surface area contributed by atoms with Crippen molar-refractivity contribution in [3.63, 3.8) is 0 Å². The van der Waals surface area contributed by atoms with Crippen molar-refractivity contribution in [3.8, 4) is 5.75 Å². The minimum absolute atomic E-state index is 0.0509. The molecule has 0 spiro atoms. The molecule has 0 saturated carbocycles. The minimum Gasteiger partial charge on any atom is -0.496 e. The highest BCUT2D eigenvalue weighted by Gasteiger charge is 2.19. The first kappa shape index (κ1) is 14.9. The molecule has 1 aromatic rings. The summed E-state index contributed by atoms with van der Waals surface area (Å²) in [6, 6.07) is 4.59. The Morgan fingerprint density at radius 2 is 2.06 bits per heavy atom. The molecule has 0 unspecified atom stereocenters. The van der Waals surface area contributed by atoms with Crippen LogP contribution in [0, 0.1) is 11.2 Å². The third-order valence-electron chi connectivity index (χ3n) is 2.93. The van der Waals surface area contributed by atoms with Crippen LogP contribution in [0.2, 0.25) is 0 Å². The van der Waals surface area contributed by atoms with Crippen LogP contribution in [-0.2, 0) is 6.54 Å². The Labute approximate surface area is 109 Å². The van der Waals surface area contributed by atoms with E-state index in [-0.39, 0.29) is 11.2 Å². The highest BCUT2D eigenvalue weighted by atomic mass is 19.1. The first-order valence-electron chi connectivity index (χ1n) is 6.09. The van der Waals surface area contributed by atoms with Crippen molar-refractivity contribution in [1.29, 1.82) is 0 Å². The number of hydrogen-bond acceptors (Lipinski definition) is 3. The lowest BCUT2D eigenvalue weighted by Gasteiger charge is -2.29. The van der Waals surface area contributed by atoms with Gasteiger partial charge in [-0.25, -0.2) is 4.39 Å². The Hall–Kier alpha value is -1.13. The first-order chi connectivity index (χ1) is 8.38. The Balaban J connectivity index is 2.75. The molecule has 2 N–H and O–H groups in total. The van der Waals surface area contributed by atoms with Crippen LogP contribution < -0.4 is 10.5 Å². The van der Waals surface area contributed by atoms with Crippen molar-refractivity contribution >= 4 is 0 Å². The smallest absolute Gasteiger partial charge is 0.123 e. The van der Waals surface area contributed by atoms with E-state index in [0.29, 0.717) is 18.8 Å². The minimum atomic E-state index is -0.239. The van der Waals surface area contributed by atoms with Crippen molar-refractivity contribution in [2.45, 2.75) is 20.4 Å². The SMILES string of the molecule is COc1ccc(F)cc1CN(C)CC(C)(C)CN. The summed E-state index contributed by atoms with van der Waals surface area (Å²) in [5, 5.41) is 0. The van der Waals surface area contributed by atoms with Gasteiger partial charge in [0.2, 0.25) is 0 Å². The van der Waals surface area contributed by atoms with Crippen molar-refractivity contribution in [3.05, 3.63) is 29.6 Å². The molecule has 0 amide bonds. The van der Waals surface area contributed by atoms with E-state index in [1.54, 1.807) is 13.2 Å². The van der Waals surface area contributed by atoms with Crippen LogP contribution in [0.4, 0.5) is 4.39 Å². The van der Waals surface area contributed by atoms with E-state index in [1.165, 1.54) is 12.1 Å². The lowest BCUT2D eigenvalue weighted by atomic mass is 9.93. The molecule has 3 nitrogen and oxygen atoms in total. The molecule has 4 heteroatoms. The molecule has 0 aliphatic heterocycles. The Bertz CT molecular complexity index is 393. The molecular formula is C14H23FN2O. The van der Waals surface area contributed by atoms with Crippen LogP contribution >= 0.6 is 0 Å². The van der Waals surface area contributed by atoms with Crippen LogP contribution in [0.3, 0.4) is 0 Å². The summed E-state index contributed by atoms with van der Waals surface area (Å²) in [6.07, 6.45) is 0. The molecule has 0 aliphatic carbocycles. The van der Waals surface area contributed by atoms with Crippen molar-refractivity contribution < 1.29 is 9.13 Å². The Morgan fingerprint density at radius 1 is 1.39 bits per heavy atom. The molecule has 18 heavy (non-hydrogen) atoms. The molecule has 1 rings (SSSR count). The summed E-state index contributed by atoms with van der Waals surface area (Å²) in [6.45, 7) is 6.35. The maximum absolute atomic E-state index is 13.2. The number of nitrogens with two attached hydrogens (primary N) is 1. The summed E-state index contributed by atoms with van der Waals surface area (Å²) < 4.78 is 18.5. The van der Waals surface area contributed by atoms with Gasteiger partial charge in [-0.1, -0.05) is 13.8 Å². The maximum atomic E-state index is 13.2. The van der Waals surface area contributed by atoms with E-state index < -0.39 is 0 Å².